The zero-order chi connectivity index (χ0) is 14.9. The van der Waals surface area contributed by atoms with Crippen molar-refractivity contribution in [2.75, 3.05) is 38.2 Å². The number of benzene rings is 1. The zero-order valence-electron chi connectivity index (χ0n) is 11.7. The maximum Gasteiger partial charge on any atom is 0.416 e. The fourth-order valence-electron chi connectivity index (χ4n) is 2.97. The third-order valence-electron chi connectivity index (χ3n) is 4.14. The number of hydrogen-bond acceptors (Lipinski definition) is 3. The summed E-state index contributed by atoms with van der Waals surface area (Å²) in [6, 6.07) is 4.28. The molecule has 0 radical (unpaired) electrons. The quantitative estimate of drug-likeness (QED) is 0.909. The van der Waals surface area contributed by atoms with Gasteiger partial charge in [0.1, 0.15) is 0 Å². The standard InChI is InChI=1S/C15H19F3N2O/c16-15(17,18)12-2-4-14-11(9-12)1-3-13(19-14)10-20-5-7-21-8-6-20/h2,4,9,13,19H,1,3,5-8,10H2. The first kappa shape index (κ1) is 14.7. The number of nitrogens with zero attached hydrogens (tertiary/aromatic N) is 1. The number of nitrogens with one attached hydrogen (secondary N) is 1. The molecule has 1 saturated heterocycles. The van der Waals surface area contributed by atoms with E-state index in [0.717, 1.165) is 56.6 Å². The number of aryl methyl sites for hydroxylation is 1. The first-order chi connectivity index (χ1) is 10.0. The summed E-state index contributed by atoms with van der Waals surface area (Å²) in [7, 11) is 0. The van der Waals surface area contributed by atoms with Crippen LogP contribution in [0.5, 0.6) is 0 Å². The second-order valence-electron chi connectivity index (χ2n) is 5.66. The lowest BCUT2D eigenvalue weighted by atomic mass is 9.96. The first-order valence-electron chi connectivity index (χ1n) is 7.29. The molecule has 0 aromatic heterocycles. The van der Waals surface area contributed by atoms with Crippen LogP contribution in [0.2, 0.25) is 0 Å². The van der Waals surface area contributed by atoms with E-state index in [1.807, 2.05) is 0 Å². The Balaban J connectivity index is 1.65. The summed E-state index contributed by atoms with van der Waals surface area (Å²) in [5.74, 6) is 0. The van der Waals surface area contributed by atoms with E-state index in [1.165, 1.54) is 6.07 Å². The number of ether oxygens (including phenoxy) is 1. The predicted molar refractivity (Wildman–Crippen MR) is 74.4 cm³/mol. The SMILES string of the molecule is FC(F)(F)c1ccc2c(c1)CCC(CN1CCOCC1)N2. The molecular formula is C15H19F3N2O. The van der Waals surface area contributed by atoms with E-state index in [0.29, 0.717) is 12.5 Å². The van der Waals surface area contributed by atoms with Crippen molar-refractivity contribution in [3.05, 3.63) is 29.3 Å². The highest BCUT2D eigenvalue weighted by atomic mass is 19.4. The van der Waals surface area contributed by atoms with E-state index in [1.54, 1.807) is 6.07 Å². The zero-order valence-corrected chi connectivity index (χ0v) is 11.7. The van der Waals surface area contributed by atoms with Crippen molar-refractivity contribution in [3.8, 4) is 0 Å². The number of fused-ring (bicyclic) bond motifs is 1. The summed E-state index contributed by atoms with van der Waals surface area (Å²) in [5.41, 5.74) is 1.05. The monoisotopic (exact) mass is 300 g/mol. The lowest BCUT2D eigenvalue weighted by Gasteiger charge is -2.34. The fraction of sp³-hybridized carbons (Fsp3) is 0.600. The molecular weight excluding hydrogens is 281 g/mol. The van der Waals surface area contributed by atoms with E-state index < -0.39 is 11.7 Å². The van der Waals surface area contributed by atoms with Gasteiger partial charge in [0.05, 0.1) is 18.8 Å². The largest absolute Gasteiger partial charge is 0.416 e. The van der Waals surface area contributed by atoms with Crippen LogP contribution < -0.4 is 5.32 Å². The average molecular weight is 300 g/mol. The number of alkyl halides is 3. The molecule has 0 amide bonds. The van der Waals surface area contributed by atoms with Gasteiger partial charge in [0.25, 0.3) is 0 Å². The van der Waals surface area contributed by atoms with Gasteiger partial charge in [0.15, 0.2) is 0 Å². The van der Waals surface area contributed by atoms with Crippen LogP contribution in [0.25, 0.3) is 0 Å². The Morgan fingerprint density at radius 2 is 2.00 bits per heavy atom. The van der Waals surface area contributed by atoms with Crippen molar-refractivity contribution in [1.82, 2.24) is 4.90 Å². The van der Waals surface area contributed by atoms with E-state index in [9.17, 15) is 13.2 Å². The number of anilines is 1. The van der Waals surface area contributed by atoms with Crippen LogP contribution >= 0.6 is 0 Å². The summed E-state index contributed by atoms with van der Waals surface area (Å²) in [4.78, 5) is 2.34. The highest BCUT2D eigenvalue weighted by Crippen LogP contribution is 2.34. The molecule has 1 unspecified atom stereocenters. The summed E-state index contributed by atoms with van der Waals surface area (Å²) in [5, 5.41) is 3.37. The molecule has 1 aromatic carbocycles. The minimum Gasteiger partial charge on any atom is -0.381 e. The smallest absolute Gasteiger partial charge is 0.381 e. The minimum atomic E-state index is -4.26. The highest BCUT2D eigenvalue weighted by molar-refractivity contribution is 5.55. The van der Waals surface area contributed by atoms with Crippen molar-refractivity contribution in [3.63, 3.8) is 0 Å². The summed E-state index contributed by atoms with van der Waals surface area (Å²) in [6.45, 7) is 4.30. The first-order valence-corrected chi connectivity index (χ1v) is 7.29. The molecule has 2 aliphatic heterocycles. The van der Waals surface area contributed by atoms with Crippen LogP contribution in [0.4, 0.5) is 18.9 Å². The van der Waals surface area contributed by atoms with Crippen LogP contribution in [0.15, 0.2) is 18.2 Å². The van der Waals surface area contributed by atoms with Gasteiger partial charge in [-0.2, -0.15) is 13.2 Å². The van der Waals surface area contributed by atoms with Gasteiger partial charge >= 0.3 is 6.18 Å². The molecule has 1 N–H and O–H groups in total. The predicted octanol–water partition coefficient (Wildman–Crippen LogP) is 2.76. The van der Waals surface area contributed by atoms with E-state index in [2.05, 4.69) is 10.2 Å². The van der Waals surface area contributed by atoms with Gasteiger partial charge in [-0.1, -0.05) is 0 Å². The Hall–Kier alpha value is -1.27. The Kier molecular flexibility index (Phi) is 4.08. The average Bonchev–Trinajstić information content (AvgIpc) is 2.47. The normalized spacial score (nSPS) is 23.5. The van der Waals surface area contributed by atoms with Crippen LogP contribution in [0, 0.1) is 0 Å². The van der Waals surface area contributed by atoms with Gasteiger partial charge in [0, 0.05) is 31.4 Å². The van der Waals surface area contributed by atoms with Crippen LogP contribution in [-0.4, -0.2) is 43.8 Å². The molecule has 1 fully saturated rings. The van der Waals surface area contributed by atoms with Gasteiger partial charge in [-0.3, -0.25) is 4.90 Å². The third kappa shape index (κ3) is 3.49. The highest BCUT2D eigenvalue weighted by Gasteiger charge is 2.32. The van der Waals surface area contributed by atoms with Crippen molar-refractivity contribution in [2.45, 2.75) is 25.1 Å². The van der Waals surface area contributed by atoms with Crippen molar-refractivity contribution in [1.29, 1.82) is 0 Å². The van der Waals surface area contributed by atoms with E-state index >= 15 is 0 Å². The maximum atomic E-state index is 12.7. The molecule has 1 atom stereocenters. The van der Waals surface area contributed by atoms with E-state index in [4.69, 9.17) is 4.74 Å². The number of rotatable bonds is 2. The molecule has 2 aliphatic rings. The van der Waals surface area contributed by atoms with Gasteiger partial charge < -0.3 is 10.1 Å². The molecule has 0 aliphatic carbocycles. The summed E-state index contributed by atoms with van der Waals surface area (Å²) < 4.78 is 43.4. The van der Waals surface area contributed by atoms with Gasteiger partial charge in [-0.15, -0.1) is 0 Å². The van der Waals surface area contributed by atoms with Crippen molar-refractivity contribution >= 4 is 5.69 Å². The van der Waals surface area contributed by atoms with E-state index in [-0.39, 0.29) is 0 Å². The minimum absolute atomic E-state index is 0.298. The lowest BCUT2D eigenvalue weighted by molar-refractivity contribution is -0.137. The van der Waals surface area contributed by atoms with Crippen molar-refractivity contribution < 1.29 is 17.9 Å². The fourth-order valence-corrected chi connectivity index (χ4v) is 2.97. The molecule has 0 spiro atoms. The molecule has 116 valence electrons. The summed E-state index contributed by atoms with van der Waals surface area (Å²) in [6.07, 6.45) is -2.70. The number of hydrogen-bond donors (Lipinski definition) is 1. The summed E-state index contributed by atoms with van der Waals surface area (Å²) >= 11 is 0. The number of halogens is 3. The molecule has 0 saturated carbocycles. The number of morpholine rings is 1. The molecule has 6 heteroatoms. The van der Waals surface area contributed by atoms with Gasteiger partial charge in [-0.25, -0.2) is 0 Å². The van der Waals surface area contributed by atoms with Gasteiger partial charge in [-0.05, 0) is 36.6 Å². The molecule has 2 heterocycles. The Labute approximate surface area is 122 Å². The second-order valence-corrected chi connectivity index (χ2v) is 5.66. The van der Waals surface area contributed by atoms with Crippen LogP contribution in [0.3, 0.4) is 0 Å². The maximum absolute atomic E-state index is 12.7. The van der Waals surface area contributed by atoms with Crippen molar-refractivity contribution in [2.24, 2.45) is 0 Å². The molecule has 0 bridgehead atoms. The Bertz CT molecular complexity index is 498. The third-order valence-corrected chi connectivity index (χ3v) is 4.14. The second kappa shape index (κ2) is 5.85. The lowest BCUT2D eigenvalue weighted by Crippen LogP contribution is -2.44. The molecule has 3 nitrogen and oxygen atoms in total. The van der Waals surface area contributed by atoms with Crippen LogP contribution in [-0.2, 0) is 17.3 Å². The topological polar surface area (TPSA) is 24.5 Å². The van der Waals surface area contributed by atoms with Gasteiger partial charge in [0.2, 0.25) is 0 Å². The molecule has 21 heavy (non-hydrogen) atoms. The van der Waals surface area contributed by atoms with Crippen LogP contribution in [0.1, 0.15) is 17.5 Å². The Morgan fingerprint density at radius 1 is 1.24 bits per heavy atom. The molecule has 3 rings (SSSR count). The molecule has 1 aromatic rings. The Morgan fingerprint density at radius 3 is 2.71 bits per heavy atom.